The minimum Gasteiger partial charge on any atom is -0.483 e. The van der Waals surface area contributed by atoms with Crippen molar-refractivity contribution < 1.29 is 29.0 Å². The van der Waals surface area contributed by atoms with Gasteiger partial charge in [0.2, 0.25) is 0 Å². The minimum atomic E-state index is -0.250. The number of carbonyl (C=O) groups is 3. The van der Waals surface area contributed by atoms with Crippen molar-refractivity contribution in [2.75, 3.05) is 13.2 Å². The van der Waals surface area contributed by atoms with E-state index in [-0.39, 0.29) is 18.4 Å². The van der Waals surface area contributed by atoms with E-state index < -0.39 is 0 Å². The highest BCUT2D eigenvalue weighted by Gasteiger charge is 2.07. The fourth-order valence-corrected chi connectivity index (χ4v) is 1.26. The third-order valence-corrected chi connectivity index (χ3v) is 2.24. The van der Waals surface area contributed by atoms with Gasteiger partial charge in [0.15, 0.2) is 0 Å². The molecule has 1 rings (SSSR count). The molecule has 6 heteroatoms. The Morgan fingerprint density at radius 2 is 1.19 bits per heavy atom. The van der Waals surface area contributed by atoms with Crippen LogP contribution in [0.4, 0.5) is 0 Å². The third kappa shape index (κ3) is 20.4. The Labute approximate surface area is 125 Å². The van der Waals surface area contributed by atoms with Crippen LogP contribution in [0.15, 0.2) is 25.3 Å². The van der Waals surface area contributed by atoms with Crippen molar-refractivity contribution >= 4 is 18.4 Å². The van der Waals surface area contributed by atoms with Gasteiger partial charge in [0, 0.05) is 12.8 Å². The summed E-state index contributed by atoms with van der Waals surface area (Å²) in [5.74, 6) is -0.308. The smallest absolute Gasteiger partial charge is 0.305 e. The molecule has 1 N–H and O–H groups in total. The normalized spacial score (nSPS) is 15.8. The Bertz CT molecular complexity index is 283. The molecule has 6 nitrogen and oxygen atoms in total. The second-order valence-corrected chi connectivity index (χ2v) is 3.93. The van der Waals surface area contributed by atoms with E-state index in [4.69, 9.17) is 19.4 Å². The van der Waals surface area contributed by atoms with Crippen LogP contribution in [0.1, 0.15) is 38.5 Å². The average molecular weight is 300 g/mol. The van der Waals surface area contributed by atoms with Gasteiger partial charge in [0.25, 0.3) is 6.47 Å². The molecule has 0 amide bonds. The highest BCUT2D eigenvalue weighted by Crippen LogP contribution is 2.05. The molecule has 0 atom stereocenters. The number of rotatable bonds is 1. The molecule has 0 radical (unpaired) electrons. The van der Waals surface area contributed by atoms with Gasteiger partial charge in [-0.1, -0.05) is 25.3 Å². The number of hydrogen-bond acceptors (Lipinski definition) is 5. The SMILES string of the molecule is C=CC=C.O=C1CCCCC(=O)OCCCCO1.O=CO. The molecule has 21 heavy (non-hydrogen) atoms. The molecule has 0 bridgehead atoms. The first-order chi connectivity index (χ1) is 10.1. The lowest BCUT2D eigenvalue weighted by Crippen LogP contribution is -2.11. The zero-order valence-corrected chi connectivity index (χ0v) is 12.3. The van der Waals surface area contributed by atoms with E-state index in [0.29, 0.717) is 38.9 Å². The number of cyclic esters (lactones) is 2. The van der Waals surface area contributed by atoms with Crippen LogP contribution in [-0.4, -0.2) is 36.7 Å². The number of esters is 2. The van der Waals surface area contributed by atoms with Gasteiger partial charge in [-0.05, 0) is 25.7 Å². The summed E-state index contributed by atoms with van der Waals surface area (Å²) in [6.45, 7) is 7.35. The van der Waals surface area contributed by atoms with Gasteiger partial charge < -0.3 is 14.6 Å². The molecule has 0 saturated carbocycles. The Morgan fingerprint density at radius 1 is 0.857 bits per heavy atom. The summed E-state index contributed by atoms with van der Waals surface area (Å²) in [4.78, 5) is 30.4. The van der Waals surface area contributed by atoms with Crippen LogP contribution in [0, 0.1) is 0 Å². The minimum absolute atomic E-state index is 0.154. The number of carboxylic acid groups (broad SMARTS) is 1. The molecule has 0 aromatic rings. The molecule has 0 spiro atoms. The zero-order chi connectivity index (χ0) is 16.3. The summed E-state index contributed by atoms with van der Waals surface area (Å²) in [5.41, 5.74) is 0. The molecular weight excluding hydrogens is 276 g/mol. The van der Waals surface area contributed by atoms with Gasteiger partial charge in [-0.15, -0.1) is 0 Å². The molecule has 1 aliphatic rings. The van der Waals surface area contributed by atoms with Crippen LogP contribution in [0.5, 0.6) is 0 Å². The predicted molar refractivity (Wildman–Crippen MR) is 78.7 cm³/mol. The molecule has 0 aromatic heterocycles. The fourth-order valence-electron chi connectivity index (χ4n) is 1.26. The lowest BCUT2D eigenvalue weighted by Gasteiger charge is -2.08. The maximum absolute atomic E-state index is 11.0. The number of carbonyl (C=O) groups excluding carboxylic acids is 2. The Morgan fingerprint density at radius 3 is 1.48 bits per heavy atom. The summed E-state index contributed by atoms with van der Waals surface area (Å²) in [7, 11) is 0. The van der Waals surface area contributed by atoms with Crippen LogP contribution < -0.4 is 0 Å². The van der Waals surface area contributed by atoms with E-state index in [1.54, 1.807) is 12.2 Å². The predicted octanol–water partition coefficient (Wildman–Crippen LogP) is 2.49. The summed E-state index contributed by atoms with van der Waals surface area (Å²) in [6.07, 6.45) is 7.03. The van der Waals surface area contributed by atoms with Crippen molar-refractivity contribution in [2.45, 2.75) is 38.5 Å². The first kappa shape index (κ1) is 21.2. The highest BCUT2D eigenvalue weighted by atomic mass is 16.5. The molecule has 0 aromatic carbocycles. The van der Waals surface area contributed by atoms with Crippen molar-refractivity contribution in [3.8, 4) is 0 Å². The Balaban J connectivity index is 0. The molecule has 0 aliphatic carbocycles. The first-order valence-electron chi connectivity index (χ1n) is 6.74. The van der Waals surface area contributed by atoms with E-state index in [0.717, 1.165) is 12.8 Å². The van der Waals surface area contributed by atoms with E-state index >= 15 is 0 Å². The molecular formula is C15H24O6. The number of allylic oxidation sites excluding steroid dienone is 2. The van der Waals surface area contributed by atoms with Gasteiger partial charge in [-0.25, -0.2) is 0 Å². The van der Waals surface area contributed by atoms with Crippen molar-refractivity contribution in [3.63, 3.8) is 0 Å². The van der Waals surface area contributed by atoms with Crippen LogP contribution >= 0.6 is 0 Å². The monoisotopic (exact) mass is 300 g/mol. The Hall–Kier alpha value is -2.11. The molecule has 120 valence electrons. The highest BCUT2D eigenvalue weighted by molar-refractivity contribution is 5.70. The number of hydrogen-bond donors (Lipinski definition) is 1. The molecule has 1 saturated heterocycles. The molecule has 0 unspecified atom stereocenters. The van der Waals surface area contributed by atoms with E-state index in [1.165, 1.54) is 0 Å². The summed E-state index contributed by atoms with van der Waals surface area (Å²) in [6, 6.07) is 0. The second kappa shape index (κ2) is 17.9. The maximum atomic E-state index is 11.0. The van der Waals surface area contributed by atoms with Crippen molar-refractivity contribution in [1.82, 2.24) is 0 Å². The maximum Gasteiger partial charge on any atom is 0.305 e. The van der Waals surface area contributed by atoms with Crippen LogP contribution in [0.3, 0.4) is 0 Å². The lowest BCUT2D eigenvalue weighted by molar-refractivity contribution is -0.147. The lowest BCUT2D eigenvalue weighted by atomic mass is 10.2. The van der Waals surface area contributed by atoms with E-state index in [2.05, 4.69) is 13.2 Å². The number of ether oxygens (including phenoxy) is 2. The van der Waals surface area contributed by atoms with Crippen molar-refractivity contribution in [3.05, 3.63) is 25.3 Å². The first-order valence-corrected chi connectivity index (χ1v) is 6.74. The quantitative estimate of drug-likeness (QED) is 0.454. The standard InChI is InChI=1S/C10H16O4.C4H6.CH2O2/c11-9-5-1-2-6-10(12)14-8-4-3-7-13-9;1-3-4-2;2-1-3/h1-8H2;3-4H,1-2H2;1H,(H,2,3). The van der Waals surface area contributed by atoms with Gasteiger partial charge in [0.05, 0.1) is 13.2 Å². The fraction of sp³-hybridized carbons (Fsp3) is 0.533. The average Bonchev–Trinajstić information content (AvgIpc) is 2.47. The van der Waals surface area contributed by atoms with Gasteiger partial charge in [-0.2, -0.15) is 0 Å². The molecule has 1 aliphatic heterocycles. The third-order valence-electron chi connectivity index (χ3n) is 2.24. The zero-order valence-electron chi connectivity index (χ0n) is 12.3. The summed E-state index contributed by atoms with van der Waals surface area (Å²) in [5, 5.41) is 6.89. The van der Waals surface area contributed by atoms with Crippen LogP contribution in [0.25, 0.3) is 0 Å². The van der Waals surface area contributed by atoms with Gasteiger partial charge in [-0.3, -0.25) is 14.4 Å². The van der Waals surface area contributed by atoms with Crippen LogP contribution in [0.2, 0.25) is 0 Å². The second-order valence-electron chi connectivity index (χ2n) is 3.93. The van der Waals surface area contributed by atoms with Gasteiger partial charge >= 0.3 is 11.9 Å². The largest absolute Gasteiger partial charge is 0.483 e. The molecule has 1 heterocycles. The van der Waals surface area contributed by atoms with Crippen LogP contribution in [-0.2, 0) is 23.9 Å². The van der Waals surface area contributed by atoms with E-state index in [9.17, 15) is 9.59 Å². The van der Waals surface area contributed by atoms with Gasteiger partial charge in [0.1, 0.15) is 0 Å². The topological polar surface area (TPSA) is 89.9 Å². The Kier molecular flexibility index (Phi) is 18.1. The van der Waals surface area contributed by atoms with Crippen molar-refractivity contribution in [1.29, 1.82) is 0 Å². The summed E-state index contributed by atoms with van der Waals surface area (Å²) >= 11 is 0. The molecule has 1 fully saturated rings. The van der Waals surface area contributed by atoms with E-state index in [1.807, 2.05) is 0 Å². The summed E-state index contributed by atoms with van der Waals surface area (Å²) < 4.78 is 9.92. The van der Waals surface area contributed by atoms with Crippen molar-refractivity contribution in [2.24, 2.45) is 0 Å².